The minimum atomic E-state index is -1.51. The zero-order valence-electron chi connectivity index (χ0n) is 8.48. The average Bonchev–Trinajstić information content (AvgIpc) is 2.29. The van der Waals surface area contributed by atoms with E-state index in [9.17, 15) is 20.1 Å². The van der Waals surface area contributed by atoms with Gasteiger partial charge in [0.05, 0.1) is 13.2 Å². The smallest absolute Gasteiger partial charge is 0.235 e. The number of rotatable bonds is 3. The van der Waals surface area contributed by atoms with E-state index in [2.05, 4.69) is 5.32 Å². The largest absolute Gasteiger partial charge is 0.394 e. The first-order chi connectivity index (χ1) is 7.51. The van der Waals surface area contributed by atoms with Crippen LogP contribution in [0.4, 0.5) is 0 Å². The van der Waals surface area contributed by atoms with Crippen LogP contribution in [0.1, 0.15) is 0 Å². The van der Waals surface area contributed by atoms with Crippen molar-refractivity contribution in [3.05, 3.63) is 0 Å². The maximum Gasteiger partial charge on any atom is 0.235 e. The van der Waals surface area contributed by atoms with Gasteiger partial charge in [0.15, 0.2) is 6.23 Å². The molecule has 1 amide bonds. The molecule has 0 aromatic rings. The highest BCUT2D eigenvalue weighted by Crippen LogP contribution is 2.19. The third kappa shape index (κ3) is 2.67. The quantitative estimate of drug-likeness (QED) is 0.292. The van der Waals surface area contributed by atoms with Crippen molar-refractivity contribution < 1.29 is 30.0 Å². The van der Waals surface area contributed by atoms with E-state index < -0.39 is 43.2 Å². The third-order valence-electron chi connectivity index (χ3n) is 2.38. The van der Waals surface area contributed by atoms with Crippen molar-refractivity contribution in [3.63, 3.8) is 0 Å². The molecule has 1 rings (SSSR count). The molecule has 8 nitrogen and oxygen atoms in total. The molecule has 1 aliphatic heterocycles. The first-order valence-electron chi connectivity index (χ1n) is 4.81. The van der Waals surface area contributed by atoms with Crippen LogP contribution in [0.2, 0.25) is 0 Å². The van der Waals surface area contributed by atoms with E-state index in [1.54, 1.807) is 0 Å². The predicted octanol–water partition coefficient (Wildman–Crippen LogP) is -4.14. The average molecular weight is 236 g/mol. The van der Waals surface area contributed by atoms with Crippen LogP contribution in [0, 0.1) is 0 Å². The van der Waals surface area contributed by atoms with Gasteiger partial charge in [-0.25, -0.2) is 0 Å². The molecule has 0 spiro atoms. The Balaban J connectivity index is 2.67. The second-order valence-corrected chi connectivity index (χ2v) is 3.52. The lowest BCUT2D eigenvalue weighted by atomic mass is 9.98. The second-order valence-electron chi connectivity index (χ2n) is 3.52. The number of aliphatic hydroxyl groups is 4. The number of ether oxygens (including phenoxy) is 1. The van der Waals surface area contributed by atoms with E-state index in [-0.39, 0.29) is 6.54 Å². The normalized spacial score (nSPS) is 39.4. The molecule has 0 unspecified atom stereocenters. The molecule has 5 atom stereocenters. The van der Waals surface area contributed by atoms with E-state index in [1.807, 2.05) is 0 Å². The highest BCUT2D eigenvalue weighted by atomic mass is 16.6. The van der Waals surface area contributed by atoms with Gasteiger partial charge in [-0.15, -0.1) is 0 Å². The first kappa shape index (κ1) is 13.3. The Kier molecular flexibility index (Phi) is 4.59. The zero-order valence-corrected chi connectivity index (χ0v) is 8.48. The van der Waals surface area contributed by atoms with E-state index in [0.29, 0.717) is 0 Å². The van der Waals surface area contributed by atoms with E-state index in [1.165, 1.54) is 0 Å². The number of hydrogen-bond acceptors (Lipinski definition) is 7. The number of carbonyl (C=O) groups excluding carboxylic acids is 1. The predicted molar refractivity (Wildman–Crippen MR) is 51.0 cm³/mol. The topological polar surface area (TPSA) is 145 Å². The number of carbonyl (C=O) groups is 1. The maximum atomic E-state index is 11.0. The third-order valence-corrected chi connectivity index (χ3v) is 2.38. The maximum absolute atomic E-state index is 11.0. The first-order valence-corrected chi connectivity index (χ1v) is 4.81. The molecule has 0 aromatic carbocycles. The van der Waals surface area contributed by atoms with Crippen molar-refractivity contribution in [2.24, 2.45) is 5.73 Å². The number of amides is 1. The van der Waals surface area contributed by atoms with Gasteiger partial charge in [-0.05, 0) is 0 Å². The summed E-state index contributed by atoms with van der Waals surface area (Å²) in [4.78, 5) is 11.0. The molecule has 1 aliphatic rings. The molecule has 1 fully saturated rings. The lowest BCUT2D eigenvalue weighted by Crippen LogP contribution is -2.63. The van der Waals surface area contributed by atoms with Gasteiger partial charge in [0.2, 0.25) is 5.91 Å². The highest BCUT2D eigenvalue weighted by molar-refractivity contribution is 5.77. The molecule has 7 N–H and O–H groups in total. The molecular weight excluding hydrogens is 220 g/mol. The SMILES string of the molecule is NCC(=O)N[C@H]1O[C@@H](CO)[C@H](O)[C@@H](O)[C@@H]1O. The molecule has 94 valence electrons. The molecular formula is C8H16N2O6. The molecule has 0 aliphatic carbocycles. The Labute approximate surface area is 91.6 Å². The summed E-state index contributed by atoms with van der Waals surface area (Å²) in [5.41, 5.74) is 5.05. The fraction of sp³-hybridized carbons (Fsp3) is 0.875. The fourth-order valence-electron chi connectivity index (χ4n) is 1.44. The van der Waals surface area contributed by atoms with Crippen molar-refractivity contribution in [1.29, 1.82) is 0 Å². The zero-order chi connectivity index (χ0) is 12.3. The minimum Gasteiger partial charge on any atom is -0.394 e. The van der Waals surface area contributed by atoms with Crippen molar-refractivity contribution in [2.75, 3.05) is 13.2 Å². The highest BCUT2D eigenvalue weighted by Gasteiger charge is 2.43. The Hall–Kier alpha value is -0.770. The summed E-state index contributed by atoms with van der Waals surface area (Å²) in [5, 5.41) is 39.4. The van der Waals surface area contributed by atoms with Gasteiger partial charge in [-0.1, -0.05) is 0 Å². The Morgan fingerprint density at radius 3 is 2.38 bits per heavy atom. The second kappa shape index (κ2) is 5.53. The summed E-state index contributed by atoms with van der Waals surface area (Å²) in [6.07, 6.45) is -6.67. The fourth-order valence-corrected chi connectivity index (χ4v) is 1.44. The van der Waals surface area contributed by atoms with Crippen molar-refractivity contribution in [3.8, 4) is 0 Å². The van der Waals surface area contributed by atoms with Gasteiger partial charge in [-0.3, -0.25) is 4.79 Å². The van der Waals surface area contributed by atoms with Gasteiger partial charge in [0, 0.05) is 0 Å². The van der Waals surface area contributed by atoms with E-state index in [4.69, 9.17) is 15.6 Å². The van der Waals surface area contributed by atoms with Crippen molar-refractivity contribution in [2.45, 2.75) is 30.6 Å². The van der Waals surface area contributed by atoms with Crippen LogP contribution < -0.4 is 11.1 Å². The van der Waals surface area contributed by atoms with Gasteiger partial charge < -0.3 is 36.2 Å². The van der Waals surface area contributed by atoms with Crippen LogP contribution in [0.25, 0.3) is 0 Å². The van der Waals surface area contributed by atoms with Crippen LogP contribution in [0.15, 0.2) is 0 Å². The minimum absolute atomic E-state index is 0.297. The standard InChI is InChI=1S/C8H16N2O6/c9-1-4(12)10-8-7(15)6(14)5(13)3(2-11)16-8/h3,5-8,11,13-15H,1-2,9H2,(H,10,12)/t3-,5-,6+,7-,8-/m0/s1. The molecule has 0 aromatic heterocycles. The summed E-state index contributed by atoms with van der Waals surface area (Å²) in [6, 6.07) is 0. The molecule has 16 heavy (non-hydrogen) atoms. The number of nitrogens with one attached hydrogen (secondary N) is 1. The summed E-state index contributed by atoms with van der Waals surface area (Å²) < 4.78 is 5.01. The Morgan fingerprint density at radius 1 is 1.25 bits per heavy atom. The lowest BCUT2D eigenvalue weighted by Gasteiger charge is -2.40. The summed E-state index contributed by atoms with van der Waals surface area (Å²) >= 11 is 0. The lowest BCUT2D eigenvalue weighted by molar-refractivity contribution is -0.235. The molecule has 1 heterocycles. The molecule has 0 radical (unpaired) electrons. The monoisotopic (exact) mass is 236 g/mol. The number of hydrogen-bond donors (Lipinski definition) is 6. The summed E-state index contributed by atoms with van der Waals surface area (Å²) in [7, 11) is 0. The molecule has 0 saturated carbocycles. The van der Waals surface area contributed by atoms with Crippen molar-refractivity contribution in [1.82, 2.24) is 5.32 Å². The van der Waals surface area contributed by atoms with Crippen LogP contribution in [0.3, 0.4) is 0 Å². The number of aliphatic hydroxyl groups excluding tert-OH is 4. The molecule has 8 heteroatoms. The van der Waals surface area contributed by atoms with Gasteiger partial charge in [-0.2, -0.15) is 0 Å². The van der Waals surface area contributed by atoms with E-state index in [0.717, 1.165) is 0 Å². The van der Waals surface area contributed by atoms with Crippen LogP contribution in [-0.4, -0.2) is 70.1 Å². The van der Waals surface area contributed by atoms with Crippen LogP contribution >= 0.6 is 0 Å². The Morgan fingerprint density at radius 2 is 1.88 bits per heavy atom. The van der Waals surface area contributed by atoms with Crippen molar-refractivity contribution >= 4 is 5.91 Å². The number of nitrogens with two attached hydrogens (primary N) is 1. The van der Waals surface area contributed by atoms with Gasteiger partial charge in [0.1, 0.15) is 24.4 Å². The van der Waals surface area contributed by atoms with E-state index >= 15 is 0 Å². The Bertz CT molecular complexity index is 249. The molecule has 1 saturated heterocycles. The van der Waals surface area contributed by atoms with Gasteiger partial charge in [0.25, 0.3) is 0 Å². The van der Waals surface area contributed by atoms with Gasteiger partial charge >= 0.3 is 0 Å². The summed E-state index contributed by atoms with van der Waals surface area (Å²) in [6.45, 7) is -0.838. The summed E-state index contributed by atoms with van der Waals surface area (Å²) in [5.74, 6) is -0.579. The molecule has 0 bridgehead atoms. The van der Waals surface area contributed by atoms with Crippen LogP contribution in [0.5, 0.6) is 0 Å². The van der Waals surface area contributed by atoms with Crippen LogP contribution in [-0.2, 0) is 9.53 Å².